The zero-order chi connectivity index (χ0) is 23.5. The molecular weight excluding hydrogens is 428 g/mol. The first kappa shape index (κ1) is 22.5. The predicted octanol–water partition coefficient (Wildman–Crippen LogP) is 4.75. The summed E-state index contributed by atoms with van der Waals surface area (Å²) in [5.74, 6) is 1.65. The Morgan fingerprint density at radius 1 is 1.24 bits per heavy atom. The topological polar surface area (TPSA) is 92.8 Å². The van der Waals surface area contributed by atoms with Gasteiger partial charge >= 0.3 is 0 Å². The summed E-state index contributed by atoms with van der Waals surface area (Å²) in [4.78, 5) is 18.7. The van der Waals surface area contributed by atoms with Crippen molar-refractivity contribution in [2.75, 3.05) is 0 Å². The van der Waals surface area contributed by atoms with Crippen LogP contribution in [0.5, 0.6) is 0 Å². The number of rotatable bonds is 9. The van der Waals surface area contributed by atoms with Gasteiger partial charge in [0, 0.05) is 23.7 Å². The number of hydrogen-bond acceptors (Lipinski definition) is 6. The molecule has 1 saturated carbocycles. The molecule has 3 heterocycles. The molecule has 4 aromatic rings. The molecule has 8 nitrogen and oxygen atoms in total. The number of aromatic amines is 1. The molecule has 0 saturated heterocycles. The molecule has 1 fully saturated rings. The normalized spacial score (nSPS) is 15.5. The molecule has 3 aromatic heterocycles. The quantitative estimate of drug-likeness (QED) is 0.387. The number of pyridine rings is 1. The number of benzene rings is 1. The molecular formula is C26H32N6O2. The third-order valence-electron chi connectivity index (χ3n) is 6.93. The molecule has 1 aromatic carbocycles. The van der Waals surface area contributed by atoms with Crippen LogP contribution >= 0.6 is 0 Å². The van der Waals surface area contributed by atoms with Crippen LogP contribution in [0.1, 0.15) is 74.2 Å². The Hall–Kier alpha value is -3.26. The number of nitrogens with zero attached hydrogens (tertiary/aromatic N) is 5. The van der Waals surface area contributed by atoms with Crippen molar-refractivity contribution >= 4 is 10.9 Å². The van der Waals surface area contributed by atoms with Crippen molar-refractivity contribution in [2.24, 2.45) is 0 Å². The lowest BCUT2D eigenvalue weighted by Gasteiger charge is -2.35. The van der Waals surface area contributed by atoms with Crippen LogP contribution in [0.3, 0.4) is 0 Å². The van der Waals surface area contributed by atoms with Gasteiger partial charge in [-0.15, -0.1) is 5.10 Å². The number of aromatic nitrogens is 5. The van der Waals surface area contributed by atoms with Gasteiger partial charge in [0.1, 0.15) is 12.3 Å². The highest BCUT2D eigenvalue weighted by Crippen LogP contribution is 2.34. The summed E-state index contributed by atoms with van der Waals surface area (Å²) >= 11 is 0. The van der Waals surface area contributed by atoms with E-state index in [0.29, 0.717) is 19.1 Å². The van der Waals surface area contributed by atoms with E-state index < -0.39 is 0 Å². The standard InChI is InChI=1S/C26H32N6O2/c1-3-7-24(25-28-29-30-32(25)17-22-10-6-13-34-22)31(21-8-4-5-9-21)16-20-15-19-12-11-18(2)14-23(19)27-26(20)33/h6,10-15,21,24H,3-5,7-9,16-17H2,1-2H3,(H,27,33)/t24-/m0/s1. The SMILES string of the molecule is CCC[C@@H](c1nnnn1Cc1ccco1)N(Cc1cc2ccc(C)cc2[nH]c1=O)C1CCCC1. The van der Waals surface area contributed by atoms with Gasteiger partial charge < -0.3 is 9.40 Å². The summed E-state index contributed by atoms with van der Waals surface area (Å²) in [6.07, 6.45) is 8.26. The van der Waals surface area contributed by atoms with E-state index in [2.05, 4.69) is 44.5 Å². The van der Waals surface area contributed by atoms with Crippen LogP contribution < -0.4 is 5.56 Å². The number of furan rings is 1. The van der Waals surface area contributed by atoms with Crippen LogP contribution in [0.4, 0.5) is 0 Å². The molecule has 1 aliphatic carbocycles. The van der Waals surface area contributed by atoms with Crippen molar-refractivity contribution in [3.63, 3.8) is 0 Å². The number of nitrogens with one attached hydrogen (secondary N) is 1. The van der Waals surface area contributed by atoms with Crippen molar-refractivity contribution in [2.45, 2.75) is 77.5 Å². The fourth-order valence-electron chi connectivity index (χ4n) is 5.23. The third-order valence-corrected chi connectivity index (χ3v) is 6.93. The van der Waals surface area contributed by atoms with E-state index in [4.69, 9.17) is 4.42 Å². The van der Waals surface area contributed by atoms with Gasteiger partial charge in [-0.3, -0.25) is 9.69 Å². The van der Waals surface area contributed by atoms with Crippen LogP contribution in [0.25, 0.3) is 10.9 Å². The molecule has 8 heteroatoms. The highest BCUT2D eigenvalue weighted by atomic mass is 16.3. The second kappa shape index (κ2) is 9.93. The smallest absolute Gasteiger partial charge is 0.252 e. The molecule has 0 spiro atoms. The monoisotopic (exact) mass is 460 g/mol. The second-order valence-electron chi connectivity index (χ2n) is 9.40. The van der Waals surface area contributed by atoms with E-state index in [1.54, 1.807) is 6.26 Å². The van der Waals surface area contributed by atoms with E-state index in [1.807, 2.05) is 35.9 Å². The Labute approximate surface area is 199 Å². The van der Waals surface area contributed by atoms with E-state index in [1.165, 1.54) is 12.8 Å². The number of fused-ring (bicyclic) bond motifs is 1. The van der Waals surface area contributed by atoms with E-state index in [-0.39, 0.29) is 11.6 Å². The van der Waals surface area contributed by atoms with E-state index in [9.17, 15) is 4.79 Å². The van der Waals surface area contributed by atoms with Gasteiger partial charge in [-0.2, -0.15) is 0 Å². The summed E-state index contributed by atoms with van der Waals surface area (Å²) < 4.78 is 7.39. The minimum absolute atomic E-state index is 0.0196. The highest BCUT2D eigenvalue weighted by molar-refractivity contribution is 5.79. The molecule has 178 valence electrons. The molecule has 34 heavy (non-hydrogen) atoms. The molecule has 0 amide bonds. The average molecular weight is 461 g/mol. The number of aryl methyl sites for hydroxylation is 1. The molecule has 1 N–H and O–H groups in total. The molecule has 1 atom stereocenters. The lowest BCUT2D eigenvalue weighted by Crippen LogP contribution is -2.39. The Morgan fingerprint density at radius 3 is 2.85 bits per heavy atom. The van der Waals surface area contributed by atoms with Crippen LogP contribution in [0.2, 0.25) is 0 Å². The average Bonchev–Trinajstić information content (AvgIpc) is 3.60. The van der Waals surface area contributed by atoms with Crippen LogP contribution in [0, 0.1) is 6.92 Å². The summed E-state index contributed by atoms with van der Waals surface area (Å²) in [7, 11) is 0. The van der Waals surface area contributed by atoms with Crippen molar-refractivity contribution in [1.29, 1.82) is 0 Å². The summed E-state index contributed by atoms with van der Waals surface area (Å²) in [5.41, 5.74) is 2.78. The van der Waals surface area contributed by atoms with Gasteiger partial charge in [-0.1, -0.05) is 38.3 Å². The van der Waals surface area contributed by atoms with Gasteiger partial charge in [-0.05, 0) is 71.8 Å². The van der Waals surface area contributed by atoms with Crippen molar-refractivity contribution < 1.29 is 4.42 Å². The second-order valence-corrected chi connectivity index (χ2v) is 9.40. The summed E-state index contributed by atoms with van der Waals surface area (Å²) in [6.45, 7) is 5.29. The summed E-state index contributed by atoms with van der Waals surface area (Å²) in [5, 5.41) is 13.8. The predicted molar refractivity (Wildman–Crippen MR) is 130 cm³/mol. The lowest BCUT2D eigenvalue weighted by atomic mass is 10.0. The molecule has 5 rings (SSSR count). The van der Waals surface area contributed by atoms with Crippen LogP contribution in [0.15, 0.2) is 51.9 Å². The first-order chi connectivity index (χ1) is 16.6. The zero-order valence-corrected chi connectivity index (χ0v) is 19.9. The molecule has 0 bridgehead atoms. The van der Waals surface area contributed by atoms with Gasteiger partial charge in [-0.25, -0.2) is 4.68 Å². The number of hydrogen-bond donors (Lipinski definition) is 1. The minimum atomic E-state index is -0.0217. The Kier molecular flexibility index (Phi) is 6.58. The molecule has 0 unspecified atom stereocenters. The van der Waals surface area contributed by atoms with Gasteiger partial charge in [0.15, 0.2) is 5.82 Å². The first-order valence-corrected chi connectivity index (χ1v) is 12.3. The van der Waals surface area contributed by atoms with E-state index in [0.717, 1.165) is 59.3 Å². The number of H-pyrrole nitrogens is 1. The maximum absolute atomic E-state index is 13.1. The zero-order valence-electron chi connectivity index (χ0n) is 19.9. The maximum Gasteiger partial charge on any atom is 0.252 e. The fraction of sp³-hybridized carbons (Fsp3) is 0.462. The fourth-order valence-corrected chi connectivity index (χ4v) is 5.23. The third kappa shape index (κ3) is 4.68. The lowest BCUT2D eigenvalue weighted by molar-refractivity contribution is 0.108. The van der Waals surface area contributed by atoms with Gasteiger partial charge in [0.2, 0.25) is 0 Å². The Morgan fingerprint density at radius 2 is 2.09 bits per heavy atom. The van der Waals surface area contributed by atoms with Crippen LogP contribution in [-0.4, -0.2) is 36.1 Å². The van der Waals surface area contributed by atoms with Gasteiger partial charge in [0.05, 0.1) is 12.3 Å². The molecule has 0 radical (unpaired) electrons. The Bertz CT molecular complexity index is 1290. The summed E-state index contributed by atoms with van der Waals surface area (Å²) in [6, 6.07) is 12.5. The minimum Gasteiger partial charge on any atom is -0.467 e. The highest BCUT2D eigenvalue weighted by Gasteiger charge is 2.33. The maximum atomic E-state index is 13.1. The van der Waals surface area contributed by atoms with Gasteiger partial charge in [0.25, 0.3) is 5.56 Å². The molecule has 0 aliphatic heterocycles. The molecule has 1 aliphatic rings. The number of tetrazole rings is 1. The van der Waals surface area contributed by atoms with Crippen LogP contribution in [-0.2, 0) is 13.1 Å². The largest absolute Gasteiger partial charge is 0.467 e. The first-order valence-electron chi connectivity index (χ1n) is 12.3. The van der Waals surface area contributed by atoms with Crippen molar-refractivity contribution in [3.05, 3.63) is 75.7 Å². The van der Waals surface area contributed by atoms with Crippen molar-refractivity contribution in [3.8, 4) is 0 Å². The Balaban J connectivity index is 1.51. The van der Waals surface area contributed by atoms with E-state index >= 15 is 0 Å². The van der Waals surface area contributed by atoms with Crippen molar-refractivity contribution in [1.82, 2.24) is 30.1 Å².